The molecule has 24 heavy (non-hydrogen) atoms. The average molecular weight is 354 g/mol. The molecule has 0 radical (unpaired) electrons. The molecule has 1 aliphatic heterocycles. The Hall–Kier alpha value is -1.46. The number of nitrogens with two attached hydrogens (primary N) is 1. The van der Waals surface area contributed by atoms with Crippen LogP contribution in [0.2, 0.25) is 0 Å². The number of hydrogen-bond acceptors (Lipinski definition) is 4. The van der Waals surface area contributed by atoms with Crippen LogP contribution < -0.4 is 10.6 Å². The van der Waals surface area contributed by atoms with Crippen LogP contribution >= 0.6 is 12.4 Å². The first-order chi connectivity index (χ1) is 11.0. The van der Waals surface area contributed by atoms with E-state index in [2.05, 4.69) is 4.90 Å². The zero-order chi connectivity index (χ0) is 16.4. The van der Waals surface area contributed by atoms with E-state index < -0.39 is 0 Å². The highest BCUT2D eigenvalue weighted by molar-refractivity contribution is 5.85. The number of nitrogens with zero attached hydrogens (tertiary/aromatic N) is 2. The van der Waals surface area contributed by atoms with Gasteiger partial charge in [0.15, 0.2) is 0 Å². The van der Waals surface area contributed by atoms with E-state index in [1.807, 2.05) is 30.0 Å². The van der Waals surface area contributed by atoms with E-state index >= 15 is 0 Å². The second-order valence-electron chi connectivity index (χ2n) is 7.11. The van der Waals surface area contributed by atoms with Gasteiger partial charge in [-0.15, -0.1) is 12.4 Å². The molecule has 1 aromatic rings. The Morgan fingerprint density at radius 2 is 1.88 bits per heavy atom. The van der Waals surface area contributed by atoms with Crippen molar-refractivity contribution >= 4 is 24.0 Å². The van der Waals surface area contributed by atoms with Gasteiger partial charge in [-0.1, -0.05) is 25.0 Å². The summed E-state index contributed by atoms with van der Waals surface area (Å²) in [4.78, 5) is 17.0. The smallest absolute Gasteiger partial charge is 0.227 e. The molecule has 0 spiro atoms. The minimum Gasteiger partial charge on any atom is -0.506 e. The molecule has 5 nitrogen and oxygen atoms in total. The van der Waals surface area contributed by atoms with Crippen molar-refractivity contribution in [3.8, 4) is 5.75 Å². The minimum atomic E-state index is -0.371. The van der Waals surface area contributed by atoms with Crippen LogP contribution in [0.5, 0.6) is 5.75 Å². The van der Waals surface area contributed by atoms with E-state index in [4.69, 9.17) is 5.73 Å². The normalized spacial score (nSPS) is 27.5. The molecule has 3 N–H and O–H groups in total. The monoisotopic (exact) mass is 353 g/mol. The molecule has 1 aliphatic carbocycles. The summed E-state index contributed by atoms with van der Waals surface area (Å²) in [5.74, 6) is 0.466. The molecule has 1 saturated carbocycles. The number of hydrogen-bond donors (Lipinski definition) is 2. The minimum absolute atomic E-state index is 0. The fraction of sp³-hybridized carbons (Fsp3) is 0.611. The molecular formula is C18H28ClN3O2. The number of rotatable bonds is 2. The molecule has 3 rings (SSSR count). The second-order valence-corrected chi connectivity index (χ2v) is 7.11. The number of amides is 1. The molecular weight excluding hydrogens is 326 g/mol. The Labute approximate surface area is 150 Å². The van der Waals surface area contributed by atoms with Gasteiger partial charge in [-0.3, -0.25) is 4.79 Å². The molecule has 2 fully saturated rings. The summed E-state index contributed by atoms with van der Waals surface area (Å²) in [6.45, 7) is 4.90. The molecule has 2 unspecified atom stereocenters. The van der Waals surface area contributed by atoms with Crippen molar-refractivity contribution in [2.24, 2.45) is 11.7 Å². The predicted octanol–water partition coefficient (Wildman–Crippen LogP) is 2.37. The highest BCUT2D eigenvalue weighted by Gasteiger charge is 2.40. The summed E-state index contributed by atoms with van der Waals surface area (Å²) in [7, 11) is 0. The van der Waals surface area contributed by atoms with Gasteiger partial charge in [0.1, 0.15) is 5.75 Å². The molecule has 1 heterocycles. The Morgan fingerprint density at radius 1 is 1.21 bits per heavy atom. The van der Waals surface area contributed by atoms with Crippen LogP contribution in [0.15, 0.2) is 24.3 Å². The number of aromatic hydroxyl groups is 1. The van der Waals surface area contributed by atoms with Crippen molar-refractivity contribution in [3.05, 3.63) is 24.3 Å². The summed E-state index contributed by atoms with van der Waals surface area (Å²) in [6.07, 6.45) is 4.06. The summed E-state index contributed by atoms with van der Waals surface area (Å²) >= 11 is 0. The van der Waals surface area contributed by atoms with Gasteiger partial charge in [-0.2, -0.15) is 0 Å². The van der Waals surface area contributed by atoms with Crippen molar-refractivity contribution < 1.29 is 9.90 Å². The van der Waals surface area contributed by atoms with Crippen molar-refractivity contribution in [1.82, 2.24) is 4.90 Å². The Bertz CT molecular complexity index is 571. The van der Waals surface area contributed by atoms with Crippen LogP contribution in [0.4, 0.5) is 5.69 Å². The van der Waals surface area contributed by atoms with Crippen molar-refractivity contribution in [2.75, 3.05) is 31.1 Å². The van der Waals surface area contributed by atoms with Gasteiger partial charge in [-0.05, 0) is 31.9 Å². The number of anilines is 1. The summed E-state index contributed by atoms with van der Waals surface area (Å²) in [5.41, 5.74) is 6.85. The third-order valence-electron chi connectivity index (χ3n) is 5.37. The van der Waals surface area contributed by atoms with Crippen LogP contribution in [0.1, 0.15) is 32.6 Å². The fourth-order valence-electron chi connectivity index (χ4n) is 3.88. The number of para-hydroxylation sites is 2. The lowest BCUT2D eigenvalue weighted by molar-refractivity contribution is -0.139. The van der Waals surface area contributed by atoms with Gasteiger partial charge in [-0.25, -0.2) is 0 Å². The topological polar surface area (TPSA) is 69.8 Å². The first-order valence-corrected chi connectivity index (χ1v) is 8.60. The number of carbonyl (C=O) groups is 1. The second kappa shape index (κ2) is 7.62. The Balaban J connectivity index is 0.00000208. The Kier molecular flexibility index (Phi) is 5.99. The third kappa shape index (κ3) is 3.78. The average Bonchev–Trinajstić information content (AvgIpc) is 2.54. The van der Waals surface area contributed by atoms with Gasteiger partial charge < -0.3 is 20.6 Å². The first kappa shape index (κ1) is 18.9. The molecule has 6 heteroatoms. The fourth-order valence-corrected chi connectivity index (χ4v) is 3.88. The lowest BCUT2D eigenvalue weighted by Crippen LogP contribution is -2.57. The van der Waals surface area contributed by atoms with E-state index in [0.29, 0.717) is 18.8 Å². The predicted molar refractivity (Wildman–Crippen MR) is 98.7 cm³/mol. The third-order valence-corrected chi connectivity index (χ3v) is 5.37. The Morgan fingerprint density at radius 3 is 2.50 bits per heavy atom. The van der Waals surface area contributed by atoms with Crippen molar-refractivity contribution in [2.45, 2.75) is 38.1 Å². The van der Waals surface area contributed by atoms with Crippen LogP contribution in [0, 0.1) is 5.92 Å². The largest absolute Gasteiger partial charge is 0.506 e. The SMILES string of the molecule is CC1(N)CCCCC1C(=O)N1CCN(c2ccccc2O)CC1.Cl. The molecule has 134 valence electrons. The number of carbonyl (C=O) groups excluding carboxylic acids is 1. The van der Waals surface area contributed by atoms with Gasteiger partial charge in [0.2, 0.25) is 5.91 Å². The van der Waals surface area contributed by atoms with Crippen LogP contribution in [0.25, 0.3) is 0 Å². The maximum absolute atomic E-state index is 12.9. The van der Waals surface area contributed by atoms with Gasteiger partial charge in [0.25, 0.3) is 0 Å². The number of phenolic OH excluding ortho intramolecular Hbond substituents is 1. The molecule has 2 aliphatic rings. The summed E-state index contributed by atoms with van der Waals surface area (Å²) in [6, 6.07) is 7.37. The zero-order valence-corrected chi connectivity index (χ0v) is 15.1. The molecule has 2 atom stereocenters. The van der Waals surface area contributed by atoms with Crippen LogP contribution in [-0.4, -0.2) is 47.6 Å². The van der Waals surface area contributed by atoms with E-state index in [9.17, 15) is 9.90 Å². The van der Waals surface area contributed by atoms with Crippen LogP contribution in [-0.2, 0) is 4.79 Å². The molecule has 0 aromatic heterocycles. The molecule has 1 aromatic carbocycles. The lowest BCUT2D eigenvalue weighted by atomic mass is 9.74. The molecule has 0 bridgehead atoms. The van der Waals surface area contributed by atoms with E-state index in [0.717, 1.165) is 44.5 Å². The first-order valence-electron chi connectivity index (χ1n) is 8.60. The quantitative estimate of drug-likeness (QED) is 0.856. The van der Waals surface area contributed by atoms with Crippen LogP contribution in [0.3, 0.4) is 0 Å². The van der Waals surface area contributed by atoms with E-state index in [1.165, 1.54) is 0 Å². The standard InChI is InChI=1S/C18H27N3O2.ClH/c1-18(19)9-5-4-6-14(18)17(23)21-12-10-20(11-13-21)15-7-2-3-8-16(15)22;/h2-3,7-8,14,22H,4-6,9-13,19H2,1H3;1H. The lowest BCUT2D eigenvalue weighted by Gasteiger charge is -2.43. The molecule has 1 saturated heterocycles. The van der Waals surface area contributed by atoms with Crippen molar-refractivity contribution in [3.63, 3.8) is 0 Å². The number of phenols is 1. The van der Waals surface area contributed by atoms with Gasteiger partial charge in [0.05, 0.1) is 11.6 Å². The van der Waals surface area contributed by atoms with E-state index in [1.54, 1.807) is 6.07 Å². The zero-order valence-electron chi connectivity index (χ0n) is 14.3. The highest BCUT2D eigenvalue weighted by atomic mass is 35.5. The summed E-state index contributed by atoms with van der Waals surface area (Å²) < 4.78 is 0. The maximum atomic E-state index is 12.9. The number of halogens is 1. The number of piperazine rings is 1. The summed E-state index contributed by atoms with van der Waals surface area (Å²) in [5, 5.41) is 9.97. The van der Waals surface area contributed by atoms with E-state index in [-0.39, 0.29) is 29.8 Å². The maximum Gasteiger partial charge on any atom is 0.227 e. The van der Waals surface area contributed by atoms with Gasteiger partial charge in [0, 0.05) is 31.7 Å². The van der Waals surface area contributed by atoms with Gasteiger partial charge >= 0.3 is 0 Å². The number of benzene rings is 1. The van der Waals surface area contributed by atoms with Crippen molar-refractivity contribution in [1.29, 1.82) is 0 Å². The molecule has 1 amide bonds. The highest BCUT2D eigenvalue weighted by Crippen LogP contribution is 2.33.